The third-order valence-corrected chi connectivity index (χ3v) is 2.49. The van der Waals surface area contributed by atoms with E-state index in [0.29, 0.717) is 19.0 Å². The van der Waals surface area contributed by atoms with Crippen LogP contribution in [0.3, 0.4) is 0 Å². The SMILES string of the molecule is CCC(CC)CN(CC)C(=O)C(=O)O. The maximum Gasteiger partial charge on any atom is 0.394 e. The second kappa shape index (κ2) is 6.40. The van der Waals surface area contributed by atoms with E-state index < -0.39 is 11.9 Å². The molecule has 0 saturated heterocycles. The smallest absolute Gasteiger partial charge is 0.394 e. The van der Waals surface area contributed by atoms with Crippen LogP contribution >= 0.6 is 0 Å². The molecule has 4 nitrogen and oxygen atoms in total. The first kappa shape index (κ1) is 12.9. The topological polar surface area (TPSA) is 57.6 Å². The molecule has 0 aromatic rings. The predicted octanol–water partition coefficient (Wildman–Crippen LogP) is 1.36. The Labute approximate surface area is 84.9 Å². The molecule has 0 fully saturated rings. The molecule has 0 atom stereocenters. The summed E-state index contributed by atoms with van der Waals surface area (Å²) in [6.07, 6.45) is 1.94. The molecule has 0 aliphatic rings. The third kappa shape index (κ3) is 3.77. The van der Waals surface area contributed by atoms with Gasteiger partial charge in [0.15, 0.2) is 0 Å². The Balaban J connectivity index is 4.27. The summed E-state index contributed by atoms with van der Waals surface area (Å²) < 4.78 is 0. The Hall–Kier alpha value is -1.06. The van der Waals surface area contributed by atoms with Crippen molar-refractivity contribution in [3.8, 4) is 0 Å². The van der Waals surface area contributed by atoms with Gasteiger partial charge in [-0.15, -0.1) is 0 Å². The van der Waals surface area contributed by atoms with Gasteiger partial charge in [-0.25, -0.2) is 4.79 Å². The van der Waals surface area contributed by atoms with E-state index in [2.05, 4.69) is 0 Å². The molecule has 14 heavy (non-hydrogen) atoms. The zero-order valence-electron chi connectivity index (χ0n) is 9.12. The minimum atomic E-state index is -1.36. The molecule has 1 amide bonds. The van der Waals surface area contributed by atoms with Gasteiger partial charge in [0, 0.05) is 13.1 Å². The van der Waals surface area contributed by atoms with Crippen LogP contribution in [-0.4, -0.2) is 35.0 Å². The van der Waals surface area contributed by atoms with Crippen LogP contribution in [0.15, 0.2) is 0 Å². The van der Waals surface area contributed by atoms with Crippen LogP contribution < -0.4 is 0 Å². The Morgan fingerprint density at radius 2 is 1.71 bits per heavy atom. The fourth-order valence-electron chi connectivity index (χ4n) is 1.35. The molecule has 0 spiro atoms. The largest absolute Gasteiger partial charge is 0.474 e. The highest BCUT2D eigenvalue weighted by Crippen LogP contribution is 2.09. The summed E-state index contributed by atoms with van der Waals surface area (Å²) in [6.45, 7) is 6.90. The Morgan fingerprint density at radius 1 is 1.21 bits per heavy atom. The van der Waals surface area contributed by atoms with Gasteiger partial charge in [-0.3, -0.25) is 4.79 Å². The molecule has 0 aromatic carbocycles. The van der Waals surface area contributed by atoms with Gasteiger partial charge in [0.2, 0.25) is 0 Å². The van der Waals surface area contributed by atoms with Gasteiger partial charge in [0.1, 0.15) is 0 Å². The van der Waals surface area contributed by atoms with Crippen molar-refractivity contribution in [2.75, 3.05) is 13.1 Å². The lowest BCUT2D eigenvalue weighted by atomic mass is 10.0. The monoisotopic (exact) mass is 201 g/mol. The number of aliphatic carboxylic acids is 1. The zero-order chi connectivity index (χ0) is 11.1. The number of carbonyl (C=O) groups is 2. The maximum atomic E-state index is 11.2. The quantitative estimate of drug-likeness (QED) is 0.683. The number of hydrogen-bond donors (Lipinski definition) is 1. The molecule has 82 valence electrons. The highest BCUT2D eigenvalue weighted by molar-refractivity contribution is 6.31. The molecule has 4 heteroatoms. The first-order chi connectivity index (χ1) is 6.56. The van der Waals surface area contributed by atoms with Gasteiger partial charge in [0.25, 0.3) is 0 Å². The van der Waals surface area contributed by atoms with Gasteiger partial charge in [-0.1, -0.05) is 26.7 Å². The van der Waals surface area contributed by atoms with Gasteiger partial charge in [-0.2, -0.15) is 0 Å². The van der Waals surface area contributed by atoms with E-state index in [-0.39, 0.29) is 0 Å². The van der Waals surface area contributed by atoms with E-state index in [0.717, 1.165) is 12.8 Å². The van der Waals surface area contributed by atoms with E-state index in [4.69, 9.17) is 5.11 Å². The van der Waals surface area contributed by atoms with E-state index in [1.807, 2.05) is 13.8 Å². The van der Waals surface area contributed by atoms with Crippen molar-refractivity contribution in [2.45, 2.75) is 33.6 Å². The van der Waals surface area contributed by atoms with E-state index >= 15 is 0 Å². The summed E-state index contributed by atoms with van der Waals surface area (Å²) in [7, 11) is 0. The number of carboxylic acid groups (broad SMARTS) is 1. The number of rotatable bonds is 5. The van der Waals surface area contributed by atoms with Crippen LogP contribution in [0.5, 0.6) is 0 Å². The summed E-state index contributed by atoms with van der Waals surface area (Å²) in [4.78, 5) is 23.0. The van der Waals surface area contributed by atoms with Crippen molar-refractivity contribution < 1.29 is 14.7 Å². The number of amides is 1. The molecular formula is C10H19NO3. The van der Waals surface area contributed by atoms with Crippen LogP contribution in [0, 0.1) is 5.92 Å². The Bertz CT molecular complexity index is 200. The lowest BCUT2D eigenvalue weighted by Gasteiger charge is -2.23. The van der Waals surface area contributed by atoms with Crippen molar-refractivity contribution in [3.63, 3.8) is 0 Å². The molecule has 0 saturated carbocycles. The second-order valence-electron chi connectivity index (χ2n) is 3.33. The average Bonchev–Trinajstić information content (AvgIpc) is 2.19. The molecule has 0 aliphatic heterocycles. The summed E-state index contributed by atoms with van der Waals surface area (Å²) in [5, 5.41) is 8.55. The lowest BCUT2D eigenvalue weighted by molar-refractivity contribution is -0.156. The van der Waals surface area contributed by atoms with Crippen molar-refractivity contribution in [3.05, 3.63) is 0 Å². The van der Waals surface area contributed by atoms with Crippen LogP contribution in [0.25, 0.3) is 0 Å². The standard InChI is InChI=1S/C10H19NO3/c1-4-8(5-2)7-11(6-3)9(12)10(13)14/h8H,4-7H2,1-3H3,(H,13,14). The highest BCUT2D eigenvalue weighted by Gasteiger charge is 2.21. The first-order valence-electron chi connectivity index (χ1n) is 5.08. The molecule has 1 N–H and O–H groups in total. The van der Waals surface area contributed by atoms with Gasteiger partial charge in [-0.05, 0) is 12.8 Å². The Morgan fingerprint density at radius 3 is 2.00 bits per heavy atom. The maximum absolute atomic E-state index is 11.2. The molecule has 0 radical (unpaired) electrons. The molecule has 0 rings (SSSR count). The number of likely N-dealkylation sites (N-methyl/N-ethyl adjacent to an activating group) is 1. The second-order valence-corrected chi connectivity index (χ2v) is 3.33. The number of hydrogen-bond acceptors (Lipinski definition) is 2. The molecule has 0 unspecified atom stereocenters. The van der Waals surface area contributed by atoms with Crippen molar-refractivity contribution in [1.29, 1.82) is 0 Å². The molecular weight excluding hydrogens is 182 g/mol. The van der Waals surface area contributed by atoms with Crippen LogP contribution in [-0.2, 0) is 9.59 Å². The lowest BCUT2D eigenvalue weighted by Crippen LogP contribution is -2.39. The average molecular weight is 201 g/mol. The normalized spacial score (nSPS) is 10.3. The Kier molecular flexibility index (Phi) is 5.92. The molecule has 0 heterocycles. The highest BCUT2D eigenvalue weighted by atomic mass is 16.4. The van der Waals surface area contributed by atoms with E-state index in [9.17, 15) is 9.59 Å². The summed E-state index contributed by atoms with van der Waals surface area (Å²) in [5.41, 5.74) is 0. The van der Waals surface area contributed by atoms with Crippen LogP contribution in [0.4, 0.5) is 0 Å². The van der Waals surface area contributed by atoms with Crippen molar-refractivity contribution in [1.82, 2.24) is 4.90 Å². The van der Waals surface area contributed by atoms with Gasteiger partial charge in [0.05, 0.1) is 0 Å². The third-order valence-electron chi connectivity index (χ3n) is 2.49. The van der Waals surface area contributed by atoms with Crippen molar-refractivity contribution >= 4 is 11.9 Å². The van der Waals surface area contributed by atoms with Gasteiger partial charge < -0.3 is 10.0 Å². The van der Waals surface area contributed by atoms with Crippen molar-refractivity contribution in [2.24, 2.45) is 5.92 Å². The summed E-state index contributed by atoms with van der Waals surface area (Å²) >= 11 is 0. The minimum absolute atomic E-state index is 0.401. The van der Waals surface area contributed by atoms with Gasteiger partial charge >= 0.3 is 11.9 Å². The zero-order valence-corrected chi connectivity index (χ0v) is 9.12. The fourth-order valence-corrected chi connectivity index (χ4v) is 1.35. The van der Waals surface area contributed by atoms with E-state index in [1.165, 1.54) is 4.90 Å². The number of nitrogens with zero attached hydrogens (tertiary/aromatic N) is 1. The molecule has 0 bridgehead atoms. The fraction of sp³-hybridized carbons (Fsp3) is 0.800. The predicted molar refractivity (Wildman–Crippen MR) is 54.0 cm³/mol. The summed E-state index contributed by atoms with van der Waals surface area (Å²) in [6, 6.07) is 0. The first-order valence-corrected chi connectivity index (χ1v) is 5.08. The molecule has 0 aliphatic carbocycles. The van der Waals surface area contributed by atoms with Crippen LogP contribution in [0.1, 0.15) is 33.6 Å². The minimum Gasteiger partial charge on any atom is -0.474 e. The number of carbonyl (C=O) groups excluding carboxylic acids is 1. The number of carboxylic acids is 1. The molecule has 0 aromatic heterocycles. The van der Waals surface area contributed by atoms with Crippen LogP contribution in [0.2, 0.25) is 0 Å². The van der Waals surface area contributed by atoms with E-state index in [1.54, 1.807) is 6.92 Å². The summed E-state index contributed by atoms with van der Waals surface area (Å²) in [5.74, 6) is -1.75.